The molecule has 0 saturated heterocycles. The molecule has 32 heavy (non-hydrogen) atoms. The standard InChI is InChI=1S/C23H24N4O2S3/c1-11-6-7-16(12(2)8-11)17-9-31-23(24-17)27-20(28)15(5)30-10-18-25-21(29)19-13(3)14(4)32-22(19)26-18/h6-9,15H,10H2,1-5H3,(H,24,27,28)(H,25,26,29)/t15-/m1/s1. The van der Waals surface area contributed by atoms with Crippen molar-refractivity contribution in [2.45, 2.75) is 45.6 Å². The fourth-order valence-electron chi connectivity index (χ4n) is 3.41. The summed E-state index contributed by atoms with van der Waals surface area (Å²) in [6.07, 6.45) is 0. The Morgan fingerprint density at radius 1 is 1.22 bits per heavy atom. The van der Waals surface area contributed by atoms with E-state index in [9.17, 15) is 9.59 Å². The van der Waals surface area contributed by atoms with Crippen molar-refractivity contribution in [2.75, 3.05) is 5.32 Å². The second kappa shape index (κ2) is 9.17. The highest BCUT2D eigenvalue weighted by Gasteiger charge is 2.18. The fraction of sp³-hybridized carbons (Fsp3) is 0.304. The number of carbonyl (C=O) groups excluding carboxylic acids is 1. The van der Waals surface area contributed by atoms with Crippen molar-refractivity contribution < 1.29 is 4.79 Å². The summed E-state index contributed by atoms with van der Waals surface area (Å²) >= 11 is 4.37. The van der Waals surface area contributed by atoms with Crippen LogP contribution in [0.4, 0.5) is 5.13 Å². The average molecular weight is 485 g/mol. The van der Waals surface area contributed by atoms with Gasteiger partial charge in [-0.15, -0.1) is 34.4 Å². The largest absolute Gasteiger partial charge is 0.309 e. The van der Waals surface area contributed by atoms with Crippen LogP contribution < -0.4 is 10.9 Å². The second-order valence-corrected chi connectivity index (χ2v) is 11.2. The number of nitrogens with one attached hydrogen (secondary N) is 2. The number of nitrogens with zero attached hydrogens (tertiary/aromatic N) is 2. The highest BCUT2D eigenvalue weighted by atomic mass is 32.2. The molecule has 2 N–H and O–H groups in total. The van der Waals surface area contributed by atoms with Crippen molar-refractivity contribution in [1.29, 1.82) is 0 Å². The molecule has 0 fully saturated rings. The van der Waals surface area contributed by atoms with Crippen LogP contribution in [0.15, 0.2) is 28.4 Å². The van der Waals surface area contributed by atoms with Gasteiger partial charge in [0, 0.05) is 15.8 Å². The van der Waals surface area contributed by atoms with E-state index in [2.05, 4.69) is 52.3 Å². The first-order valence-corrected chi connectivity index (χ1v) is 12.9. The summed E-state index contributed by atoms with van der Waals surface area (Å²) in [6, 6.07) is 6.25. The van der Waals surface area contributed by atoms with Gasteiger partial charge in [0.05, 0.1) is 22.1 Å². The number of carbonyl (C=O) groups is 1. The molecule has 3 heterocycles. The number of hydrogen-bond donors (Lipinski definition) is 2. The molecule has 166 valence electrons. The summed E-state index contributed by atoms with van der Waals surface area (Å²) in [6.45, 7) is 9.90. The van der Waals surface area contributed by atoms with Gasteiger partial charge in [0.15, 0.2) is 5.13 Å². The van der Waals surface area contributed by atoms with Crippen molar-refractivity contribution in [1.82, 2.24) is 15.0 Å². The average Bonchev–Trinajstić information content (AvgIpc) is 3.30. The summed E-state index contributed by atoms with van der Waals surface area (Å²) in [5.74, 6) is 0.907. The molecule has 6 nitrogen and oxygen atoms in total. The van der Waals surface area contributed by atoms with E-state index in [1.807, 2.05) is 26.2 Å². The molecule has 1 aromatic carbocycles. The van der Waals surface area contributed by atoms with Gasteiger partial charge in [0.2, 0.25) is 5.91 Å². The van der Waals surface area contributed by atoms with E-state index >= 15 is 0 Å². The van der Waals surface area contributed by atoms with Gasteiger partial charge < -0.3 is 10.3 Å². The van der Waals surface area contributed by atoms with E-state index < -0.39 is 0 Å². The molecule has 0 aliphatic rings. The van der Waals surface area contributed by atoms with E-state index in [-0.39, 0.29) is 16.7 Å². The Hall–Kier alpha value is -2.49. The number of thioether (sulfide) groups is 1. The first-order chi connectivity index (χ1) is 15.2. The lowest BCUT2D eigenvalue weighted by Gasteiger charge is -2.10. The van der Waals surface area contributed by atoms with E-state index in [4.69, 9.17) is 0 Å². The molecule has 3 aromatic heterocycles. The zero-order chi connectivity index (χ0) is 23.0. The molecule has 1 amide bonds. The summed E-state index contributed by atoms with van der Waals surface area (Å²) in [5, 5.41) is 5.78. The van der Waals surface area contributed by atoms with E-state index in [1.54, 1.807) is 0 Å². The Bertz CT molecular complexity index is 1370. The number of benzene rings is 1. The van der Waals surface area contributed by atoms with Crippen LogP contribution in [0.5, 0.6) is 0 Å². The molecule has 1 atom stereocenters. The maximum Gasteiger partial charge on any atom is 0.259 e. The molecule has 0 saturated carbocycles. The quantitative estimate of drug-likeness (QED) is 0.372. The number of aromatic amines is 1. The number of thiazole rings is 1. The van der Waals surface area contributed by atoms with Crippen molar-refractivity contribution >= 4 is 55.7 Å². The molecule has 0 aliphatic carbocycles. The van der Waals surface area contributed by atoms with Crippen LogP contribution in [0.2, 0.25) is 0 Å². The molecule has 9 heteroatoms. The van der Waals surface area contributed by atoms with Crippen LogP contribution in [0, 0.1) is 27.7 Å². The summed E-state index contributed by atoms with van der Waals surface area (Å²) < 4.78 is 0. The van der Waals surface area contributed by atoms with Crippen molar-refractivity contribution in [3.63, 3.8) is 0 Å². The number of amides is 1. The lowest BCUT2D eigenvalue weighted by atomic mass is 10.0. The van der Waals surface area contributed by atoms with Gasteiger partial charge in [0.25, 0.3) is 5.56 Å². The maximum atomic E-state index is 12.7. The van der Waals surface area contributed by atoms with E-state index in [0.717, 1.165) is 32.1 Å². The van der Waals surface area contributed by atoms with Gasteiger partial charge in [0.1, 0.15) is 10.7 Å². The minimum absolute atomic E-state index is 0.119. The number of anilines is 1. The minimum Gasteiger partial charge on any atom is -0.309 e. The van der Waals surface area contributed by atoms with Gasteiger partial charge in [-0.25, -0.2) is 9.97 Å². The monoisotopic (exact) mass is 484 g/mol. The minimum atomic E-state index is -0.323. The zero-order valence-electron chi connectivity index (χ0n) is 18.5. The number of aryl methyl sites for hydroxylation is 4. The third kappa shape index (κ3) is 4.65. The topological polar surface area (TPSA) is 87.7 Å². The van der Waals surface area contributed by atoms with Crippen molar-refractivity contribution in [3.05, 3.63) is 61.3 Å². The Morgan fingerprint density at radius 2 is 2.00 bits per heavy atom. The molecule has 0 bridgehead atoms. The first kappa shape index (κ1) is 22.7. The molecule has 4 rings (SSSR count). The Labute approximate surface area is 198 Å². The molecule has 0 radical (unpaired) electrons. The lowest BCUT2D eigenvalue weighted by Crippen LogP contribution is -2.23. The van der Waals surface area contributed by atoms with Crippen molar-refractivity contribution in [3.8, 4) is 11.3 Å². The number of hydrogen-bond acceptors (Lipinski definition) is 7. The van der Waals surface area contributed by atoms with Crippen LogP contribution in [0.1, 0.15) is 34.3 Å². The van der Waals surface area contributed by atoms with Gasteiger partial charge in [-0.2, -0.15) is 0 Å². The smallest absolute Gasteiger partial charge is 0.259 e. The predicted molar refractivity (Wildman–Crippen MR) is 136 cm³/mol. The zero-order valence-corrected chi connectivity index (χ0v) is 21.0. The summed E-state index contributed by atoms with van der Waals surface area (Å²) in [5.41, 5.74) is 5.16. The Morgan fingerprint density at radius 3 is 2.75 bits per heavy atom. The summed E-state index contributed by atoms with van der Waals surface area (Å²) in [4.78, 5) is 39.0. The van der Waals surface area contributed by atoms with Gasteiger partial charge >= 0.3 is 0 Å². The Kier molecular flexibility index (Phi) is 6.50. The van der Waals surface area contributed by atoms with Crippen LogP contribution >= 0.6 is 34.4 Å². The number of thiophene rings is 1. The molecule has 4 aromatic rings. The maximum absolute atomic E-state index is 12.7. The molecule has 0 spiro atoms. The van der Waals surface area contributed by atoms with E-state index in [0.29, 0.717) is 22.1 Å². The Balaban J connectivity index is 1.40. The highest BCUT2D eigenvalue weighted by Crippen LogP contribution is 2.29. The van der Waals surface area contributed by atoms with Gasteiger partial charge in [-0.1, -0.05) is 23.8 Å². The second-order valence-electron chi connectivity index (χ2n) is 7.77. The van der Waals surface area contributed by atoms with Crippen LogP contribution in [0.3, 0.4) is 0 Å². The van der Waals surface area contributed by atoms with Crippen LogP contribution in [0.25, 0.3) is 21.5 Å². The SMILES string of the molecule is Cc1ccc(-c2csc(NC(=O)[C@@H](C)SCc3nc4sc(C)c(C)c4c(=O)[nH]3)n2)c(C)c1. The molecular formula is C23H24N4O2S3. The number of H-pyrrole nitrogens is 1. The number of aromatic nitrogens is 3. The number of fused-ring (bicyclic) bond motifs is 1. The predicted octanol–water partition coefficient (Wildman–Crippen LogP) is 5.60. The normalized spacial score (nSPS) is 12.3. The van der Waals surface area contributed by atoms with Crippen LogP contribution in [-0.4, -0.2) is 26.1 Å². The molecule has 0 aliphatic heterocycles. The molecule has 0 unspecified atom stereocenters. The highest BCUT2D eigenvalue weighted by molar-refractivity contribution is 7.99. The first-order valence-electron chi connectivity index (χ1n) is 10.2. The van der Waals surface area contributed by atoms with Gasteiger partial charge in [-0.05, 0) is 45.7 Å². The number of rotatable bonds is 6. The van der Waals surface area contributed by atoms with Crippen LogP contribution in [-0.2, 0) is 10.5 Å². The summed E-state index contributed by atoms with van der Waals surface area (Å²) in [7, 11) is 0. The third-order valence-electron chi connectivity index (χ3n) is 5.32. The van der Waals surface area contributed by atoms with Crippen molar-refractivity contribution in [2.24, 2.45) is 0 Å². The molecular weight excluding hydrogens is 460 g/mol. The van der Waals surface area contributed by atoms with E-state index in [1.165, 1.54) is 40.0 Å². The third-order valence-corrected chi connectivity index (χ3v) is 8.33. The fourth-order valence-corrected chi connectivity index (χ4v) is 5.93. The van der Waals surface area contributed by atoms with Gasteiger partial charge in [-0.3, -0.25) is 9.59 Å². The lowest BCUT2D eigenvalue weighted by molar-refractivity contribution is -0.115.